The van der Waals surface area contributed by atoms with Crippen molar-refractivity contribution in [3.63, 3.8) is 0 Å². The van der Waals surface area contributed by atoms with Crippen LogP contribution in [0.2, 0.25) is 0 Å². The molecule has 9 heteroatoms. The van der Waals surface area contributed by atoms with E-state index in [2.05, 4.69) is 21.2 Å². The molecule has 0 fully saturated rings. The summed E-state index contributed by atoms with van der Waals surface area (Å²) in [5, 5.41) is 2.78. The Kier molecular flexibility index (Phi) is 8.17. The van der Waals surface area contributed by atoms with Crippen LogP contribution in [0.1, 0.15) is 29.8 Å². The Bertz CT molecular complexity index is 1040. The van der Waals surface area contributed by atoms with Gasteiger partial charge < -0.3 is 10.2 Å². The van der Waals surface area contributed by atoms with E-state index in [-0.39, 0.29) is 22.9 Å². The molecule has 162 valence electrons. The van der Waals surface area contributed by atoms with Crippen molar-refractivity contribution in [3.8, 4) is 0 Å². The zero-order valence-electron chi connectivity index (χ0n) is 17.5. The van der Waals surface area contributed by atoms with E-state index in [9.17, 15) is 18.0 Å². The Balaban J connectivity index is 2.13. The average molecular weight is 496 g/mol. The minimum Gasteiger partial charge on any atom is -0.332 e. The van der Waals surface area contributed by atoms with Gasteiger partial charge in [0.05, 0.1) is 11.4 Å². The lowest BCUT2D eigenvalue weighted by Gasteiger charge is -2.20. The van der Waals surface area contributed by atoms with Crippen molar-refractivity contribution in [2.24, 2.45) is 0 Å². The number of nitrogens with one attached hydrogen (secondary N) is 1. The van der Waals surface area contributed by atoms with Gasteiger partial charge in [0.1, 0.15) is 0 Å². The maximum Gasteiger partial charge on any atom is 0.254 e. The van der Waals surface area contributed by atoms with Crippen molar-refractivity contribution in [2.75, 3.05) is 32.0 Å². The number of carbonyl (C=O) groups excluding carboxylic acids is 2. The number of anilines is 1. The number of carbonyl (C=O) groups is 2. The summed E-state index contributed by atoms with van der Waals surface area (Å²) in [5.41, 5.74) is 1.76. The molecular weight excluding hydrogens is 470 g/mol. The summed E-state index contributed by atoms with van der Waals surface area (Å²) in [7, 11) is -2.17. The molecule has 0 heterocycles. The van der Waals surface area contributed by atoms with Crippen LogP contribution in [-0.4, -0.2) is 56.1 Å². The minimum absolute atomic E-state index is 0.0559. The predicted molar refractivity (Wildman–Crippen MR) is 121 cm³/mol. The molecule has 2 aromatic rings. The summed E-state index contributed by atoms with van der Waals surface area (Å²) in [6, 6.07) is 11.4. The first kappa shape index (κ1) is 24.0. The number of aryl methyl sites for hydroxylation is 1. The van der Waals surface area contributed by atoms with Crippen LogP contribution in [0.4, 0.5) is 5.69 Å². The van der Waals surface area contributed by atoms with Crippen LogP contribution < -0.4 is 5.32 Å². The third kappa shape index (κ3) is 5.68. The lowest BCUT2D eigenvalue weighted by molar-refractivity contribution is -0.116. The van der Waals surface area contributed by atoms with Gasteiger partial charge in [-0.3, -0.25) is 9.59 Å². The molecule has 0 aliphatic rings. The van der Waals surface area contributed by atoms with Gasteiger partial charge in [-0.25, -0.2) is 8.42 Å². The van der Waals surface area contributed by atoms with E-state index in [1.54, 1.807) is 19.9 Å². The highest BCUT2D eigenvalue weighted by molar-refractivity contribution is 9.10. The van der Waals surface area contributed by atoms with Gasteiger partial charge in [-0.1, -0.05) is 35.8 Å². The molecule has 0 atom stereocenters. The molecule has 2 amide bonds. The summed E-state index contributed by atoms with van der Waals surface area (Å²) >= 11 is 3.37. The zero-order valence-corrected chi connectivity index (χ0v) is 19.9. The number of amides is 2. The van der Waals surface area contributed by atoms with E-state index in [1.807, 2.05) is 19.1 Å². The molecule has 7 nitrogen and oxygen atoms in total. The Morgan fingerprint density at radius 1 is 1.07 bits per heavy atom. The van der Waals surface area contributed by atoms with Crippen LogP contribution in [-0.2, 0) is 14.8 Å². The fourth-order valence-corrected chi connectivity index (χ4v) is 4.95. The molecule has 0 saturated heterocycles. The number of rotatable bonds is 8. The maximum absolute atomic E-state index is 12.8. The summed E-state index contributed by atoms with van der Waals surface area (Å²) in [5.74, 6) is -0.780. The second-order valence-electron chi connectivity index (χ2n) is 6.79. The van der Waals surface area contributed by atoms with Gasteiger partial charge in [-0.15, -0.1) is 0 Å². The third-order valence-corrected chi connectivity index (χ3v) is 7.15. The topological polar surface area (TPSA) is 86.8 Å². The Morgan fingerprint density at radius 3 is 2.33 bits per heavy atom. The molecular formula is C21H26BrN3O4S. The van der Waals surface area contributed by atoms with Crippen LogP contribution in [0.25, 0.3) is 0 Å². The van der Waals surface area contributed by atoms with Crippen LogP contribution in [0, 0.1) is 6.92 Å². The standard InChI is InChI=1S/C21H26BrN3O4S/c1-5-25(6-2)30(28,29)18-9-7-8-16(13-18)21(27)24(4)14-20(26)23-19-11-10-17(22)12-15(19)3/h7-13H,5-6,14H2,1-4H3,(H,23,26). The minimum atomic E-state index is -3.68. The van der Waals surface area contributed by atoms with Gasteiger partial charge in [0.2, 0.25) is 15.9 Å². The van der Waals surface area contributed by atoms with Crippen LogP contribution in [0.3, 0.4) is 0 Å². The van der Waals surface area contributed by atoms with Gasteiger partial charge in [0, 0.05) is 35.9 Å². The van der Waals surface area contributed by atoms with Crippen molar-refractivity contribution in [1.82, 2.24) is 9.21 Å². The molecule has 0 spiro atoms. The zero-order chi connectivity index (χ0) is 22.5. The Labute approximate surface area is 186 Å². The largest absolute Gasteiger partial charge is 0.332 e. The molecule has 0 aromatic heterocycles. The van der Waals surface area contributed by atoms with E-state index >= 15 is 0 Å². The molecule has 0 radical (unpaired) electrons. The lowest BCUT2D eigenvalue weighted by Crippen LogP contribution is -2.35. The number of hydrogen-bond donors (Lipinski definition) is 1. The van der Waals surface area contributed by atoms with Crippen molar-refractivity contribution in [1.29, 1.82) is 0 Å². The molecule has 2 rings (SSSR count). The predicted octanol–water partition coefficient (Wildman–Crippen LogP) is 3.50. The molecule has 0 aliphatic heterocycles. The second-order valence-corrected chi connectivity index (χ2v) is 9.64. The number of hydrogen-bond acceptors (Lipinski definition) is 4. The van der Waals surface area contributed by atoms with Crippen LogP contribution in [0.15, 0.2) is 51.8 Å². The summed E-state index contributed by atoms with van der Waals surface area (Å²) in [4.78, 5) is 26.4. The summed E-state index contributed by atoms with van der Waals surface area (Å²) in [6.45, 7) is 5.91. The van der Waals surface area contributed by atoms with Crippen molar-refractivity contribution >= 4 is 43.5 Å². The van der Waals surface area contributed by atoms with Crippen molar-refractivity contribution < 1.29 is 18.0 Å². The van der Waals surface area contributed by atoms with Crippen LogP contribution >= 0.6 is 15.9 Å². The van der Waals surface area contributed by atoms with E-state index in [4.69, 9.17) is 0 Å². The van der Waals surface area contributed by atoms with Gasteiger partial charge in [0.15, 0.2) is 0 Å². The number of nitrogens with zero attached hydrogens (tertiary/aromatic N) is 2. The number of sulfonamides is 1. The first-order valence-corrected chi connectivity index (χ1v) is 11.7. The van der Waals surface area contributed by atoms with Crippen molar-refractivity contribution in [3.05, 3.63) is 58.1 Å². The first-order valence-electron chi connectivity index (χ1n) is 9.51. The SMILES string of the molecule is CCN(CC)S(=O)(=O)c1cccc(C(=O)N(C)CC(=O)Nc2ccc(Br)cc2C)c1. The average Bonchev–Trinajstić information content (AvgIpc) is 2.70. The molecule has 0 aliphatic carbocycles. The summed E-state index contributed by atoms with van der Waals surface area (Å²) < 4.78 is 27.7. The Hall–Kier alpha value is -2.23. The van der Waals surface area contributed by atoms with Gasteiger partial charge in [-0.05, 0) is 48.9 Å². The van der Waals surface area contributed by atoms with E-state index in [1.165, 1.54) is 40.5 Å². The second kappa shape index (κ2) is 10.2. The van der Waals surface area contributed by atoms with Gasteiger partial charge in [0.25, 0.3) is 5.91 Å². The summed E-state index contributed by atoms with van der Waals surface area (Å²) in [6.07, 6.45) is 0. The number of likely N-dealkylation sites (N-methyl/N-ethyl adjacent to an activating group) is 1. The van der Waals surface area contributed by atoms with Gasteiger partial charge in [-0.2, -0.15) is 4.31 Å². The highest BCUT2D eigenvalue weighted by Crippen LogP contribution is 2.20. The molecule has 0 unspecified atom stereocenters. The van der Waals surface area contributed by atoms with E-state index in [0.29, 0.717) is 18.8 Å². The molecule has 0 saturated carbocycles. The smallest absolute Gasteiger partial charge is 0.254 e. The van der Waals surface area contributed by atoms with E-state index in [0.717, 1.165) is 10.0 Å². The highest BCUT2D eigenvalue weighted by Gasteiger charge is 2.23. The normalized spacial score (nSPS) is 11.4. The molecule has 2 aromatic carbocycles. The molecule has 0 bridgehead atoms. The third-order valence-electron chi connectivity index (χ3n) is 4.61. The van der Waals surface area contributed by atoms with Crippen molar-refractivity contribution in [2.45, 2.75) is 25.7 Å². The fourth-order valence-electron chi connectivity index (χ4n) is 2.97. The first-order chi connectivity index (χ1) is 14.1. The van der Waals surface area contributed by atoms with Crippen LogP contribution in [0.5, 0.6) is 0 Å². The number of halogens is 1. The van der Waals surface area contributed by atoms with E-state index < -0.39 is 15.9 Å². The number of benzene rings is 2. The van der Waals surface area contributed by atoms with Gasteiger partial charge >= 0.3 is 0 Å². The molecule has 30 heavy (non-hydrogen) atoms. The highest BCUT2D eigenvalue weighted by atomic mass is 79.9. The Morgan fingerprint density at radius 2 is 1.73 bits per heavy atom. The lowest BCUT2D eigenvalue weighted by atomic mass is 10.2. The molecule has 1 N–H and O–H groups in total. The quantitative estimate of drug-likeness (QED) is 0.606. The fraction of sp³-hybridized carbons (Fsp3) is 0.333. The monoisotopic (exact) mass is 495 g/mol. The maximum atomic E-state index is 12.8.